The number of allylic oxidation sites excluding steroid dienone is 3. The smallest absolute Gasteiger partial charge is 0.291 e. The molecule has 2 aromatic rings. The number of ketones is 2. The third-order valence-electron chi connectivity index (χ3n) is 7.85. The first-order valence-corrected chi connectivity index (χ1v) is 11.3. The third kappa shape index (κ3) is 3.14. The number of nitrogens with one attached hydrogen (secondary N) is 1. The molecule has 0 fully saturated rings. The Hall–Kier alpha value is -4.14. The van der Waals surface area contributed by atoms with Gasteiger partial charge in [-0.15, -0.1) is 0 Å². The van der Waals surface area contributed by atoms with Crippen molar-refractivity contribution in [3.8, 4) is 5.75 Å². The summed E-state index contributed by atoms with van der Waals surface area (Å²) in [5.74, 6) is -3.72. The van der Waals surface area contributed by atoms with Crippen molar-refractivity contribution in [3.05, 3.63) is 69.9 Å². The summed E-state index contributed by atoms with van der Waals surface area (Å²) in [5.41, 5.74) is 5.47. The van der Waals surface area contributed by atoms with Crippen molar-refractivity contribution in [3.63, 3.8) is 0 Å². The van der Waals surface area contributed by atoms with Crippen LogP contribution in [0.4, 0.5) is 5.69 Å². The van der Waals surface area contributed by atoms with Crippen molar-refractivity contribution < 1.29 is 33.8 Å². The molecule has 0 radical (unpaired) electrons. The van der Waals surface area contributed by atoms with Crippen LogP contribution in [-0.2, 0) is 16.0 Å². The molecule has 9 heteroatoms. The molecule has 180 valence electrons. The Morgan fingerprint density at radius 1 is 1.17 bits per heavy atom. The summed E-state index contributed by atoms with van der Waals surface area (Å²) in [4.78, 5) is 51.4. The number of primary amides is 1. The van der Waals surface area contributed by atoms with Crippen LogP contribution in [0.15, 0.2) is 57.4 Å². The van der Waals surface area contributed by atoms with Crippen LogP contribution in [0.5, 0.6) is 5.75 Å². The molecule has 3 atom stereocenters. The number of fused-ring (bicyclic) bond motifs is 3. The monoisotopic (exact) mass is 476 g/mol. The van der Waals surface area contributed by atoms with Gasteiger partial charge in [0.25, 0.3) is 11.8 Å². The zero-order valence-corrected chi connectivity index (χ0v) is 19.2. The number of aliphatic hydroxyl groups excluding tert-OH is 1. The normalized spacial score (nSPS) is 25.7. The molecule has 3 aliphatic carbocycles. The van der Waals surface area contributed by atoms with E-state index in [1.165, 1.54) is 18.4 Å². The number of anilines is 1. The van der Waals surface area contributed by atoms with E-state index in [0.717, 1.165) is 0 Å². The number of furan rings is 1. The van der Waals surface area contributed by atoms with Crippen LogP contribution in [0.2, 0.25) is 0 Å². The lowest BCUT2D eigenvalue weighted by Gasteiger charge is -2.48. The van der Waals surface area contributed by atoms with Gasteiger partial charge in [-0.3, -0.25) is 19.2 Å². The number of hydrogen-bond donors (Lipinski definition) is 4. The molecule has 5 N–H and O–H groups in total. The van der Waals surface area contributed by atoms with E-state index < -0.39 is 34.4 Å². The molecule has 35 heavy (non-hydrogen) atoms. The second-order valence-electron chi connectivity index (χ2n) is 9.55. The quantitative estimate of drug-likeness (QED) is 0.391. The number of benzene rings is 1. The Morgan fingerprint density at radius 2 is 1.91 bits per heavy atom. The second-order valence-corrected chi connectivity index (χ2v) is 9.55. The maximum atomic E-state index is 13.7. The molecule has 2 amide bonds. The highest BCUT2D eigenvalue weighted by atomic mass is 16.3. The van der Waals surface area contributed by atoms with Crippen molar-refractivity contribution in [2.75, 3.05) is 5.32 Å². The number of aromatic hydroxyl groups is 1. The Bertz CT molecular complexity index is 1380. The number of phenolic OH excluding ortho intramolecular Hbond substituents is 1. The number of phenols is 1. The predicted octanol–water partition coefficient (Wildman–Crippen LogP) is 3.21. The van der Waals surface area contributed by atoms with Crippen molar-refractivity contribution >= 4 is 29.1 Å². The lowest BCUT2D eigenvalue weighted by Crippen LogP contribution is -2.49. The van der Waals surface area contributed by atoms with Gasteiger partial charge in [0, 0.05) is 12.0 Å². The molecule has 3 unspecified atom stereocenters. The molecular formula is C26H24N2O7. The van der Waals surface area contributed by atoms with Crippen LogP contribution in [0.25, 0.3) is 0 Å². The number of carbonyl (C=O) groups is 4. The number of amides is 2. The Balaban J connectivity index is 1.58. The summed E-state index contributed by atoms with van der Waals surface area (Å²) >= 11 is 0. The summed E-state index contributed by atoms with van der Waals surface area (Å²) in [6.07, 6.45) is 2.36. The molecule has 0 saturated carbocycles. The Kier molecular flexibility index (Phi) is 4.98. The summed E-state index contributed by atoms with van der Waals surface area (Å²) in [6.45, 7) is 3.37. The highest BCUT2D eigenvalue weighted by Crippen LogP contribution is 2.56. The molecule has 0 aliphatic heterocycles. The summed E-state index contributed by atoms with van der Waals surface area (Å²) in [7, 11) is 0. The average molecular weight is 476 g/mol. The van der Waals surface area contributed by atoms with Crippen LogP contribution in [0.1, 0.15) is 53.2 Å². The zero-order chi connectivity index (χ0) is 25.2. The molecule has 3 aliphatic rings. The first-order chi connectivity index (χ1) is 16.6. The van der Waals surface area contributed by atoms with E-state index in [0.29, 0.717) is 29.6 Å². The standard InChI is InChI=1S/C26H24N2O7/c1-11-18-13(9-14-10-16(29)20(24(27)33)23(32)26(11,14)2)8-12-5-6-15(21(30)19(12)22(18)31)28-25(34)17-4-3-7-35-17/h3-7,13-14,29-30H,8-10H2,1-2H3,(H2,27,33)(H,28,34). The van der Waals surface area contributed by atoms with Gasteiger partial charge in [0.15, 0.2) is 23.1 Å². The van der Waals surface area contributed by atoms with Gasteiger partial charge in [-0.05, 0) is 62.3 Å². The van der Waals surface area contributed by atoms with Crippen LogP contribution < -0.4 is 11.1 Å². The summed E-state index contributed by atoms with van der Waals surface area (Å²) < 4.78 is 5.08. The molecule has 1 aromatic heterocycles. The fraction of sp³-hybridized carbons (Fsp3) is 0.308. The van der Waals surface area contributed by atoms with Gasteiger partial charge in [0.1, 0.15) is 11.3 Å². The minimum absolute atomic E-state index is 0.0516. The van der Waals surface area contributed by atoms with E-state index in [4.69, 9.17) is 10.2 Å². The van der Waals surface area contributed by atoms with Crippen molar-refractivity contribution in [2.24, 2.45) is 23.0 Å². The van der Waals surface area contributed by atoms with E-state index in [9.17, 15) is 29.4 Å². The lowest BCUT2D eigenvalue weighted by atomic mass is 9.53. The number of aliphatic hydroxyl groups is 1. The van der Waals surface area contributed by atoms with Crippen LogP contribution in [-0.4, -0.2) is 33.6 Å². The average Bonchev–Trinajstić information content (AvgIpc) is 3.33. The molecule has 5 rings (SSSR count). The summed E-state index contributed by atoms with van der Waals surface area (Å²) in [5, 5.41) is 23.9. The molecule has 1 heterocycles. The highest BCUT2D eigenvalue weighted by molar-refractivity contribution is 6.23. The molecular weight excluding hydrogens is 452 g/mol. The Morgan fingerprint density at radius 3 is 2.57 bits per heavy atom. The van der Waals surface area contributed by atoms with E-state index in [1.54, 1.807) is 26.0 Å². The van der Waals surface area contributed by atoms with Gasteiger partial charge in [-0.1, -0.05) is 11.6 Å². The number of Topliss-reactive ketones (excluding diaryl/α,β-unsaturated/α-hetero) is 2. The number of nitrogens with two attached hydrogens (primary N) is 1. The van der Waals surface area contributed by atoms with E-state index in [-0.39, 0.29) is 46.8 Å². The predicted molar refractivity (Wildman–Crippen MR) is 124 cm³/mol. The molecule has 1 aromatic carbocycles. The van der Waals surface area contributed by atoms with Gasteiger partial charge >= 0.3 is 0 Å². The third-order valence-corrected chi connectivity index (χ3v) is 7.85. The largest absolute Gasteiger partial charge is 0.511 e. The number of carbonyl (C=O) groups excluding carboxylic acids is 4. The van der Waals surface area contributed by atoms with E-state index in [2.05, 4.69) is 5.32 Å². The minimum atomic E-state index is -1.18. The minimum Gasteiger partial charge on any atom is -0.511 e. The van der Waals surface area contributed by atoms with Gasteiger partial charge in [-0.2, -0.15) is 0 Å². The number of rotatable bonds is 3. The SMILES string of the molecule is CC1=C2C(=O)c3c(ccc(NC(=O)c4ccco4)c3O)CC2CC2CC(O)=C(C(N)=O)C(=O)C12C. The van der Waals surface area contributed by atoms with Gasteiger partial charge in [0.2, 0.25) is 0 Å². The highest BCUT2D eigenvalue weighted by Gasteiger charge is 2.55. The molecule has 0 bridgehead atoms. The van der Waals surface area contributed by atoms with Crippen LogP contribution in [0.3, 0.4) is 0 Å². The van der Waals surface area contributed by atoms with E-state index >= 15 is 0 Å². The lowest BCUT2D eigenvalue weighted by molar-refractivity contribution is -0.130. The van der Waals surface area contributed by atoms with Crippen LogP contribution in [0, 0.1) is 17.3 Å². The van der Waals surface area contributed by atoms with Gasteiger partial charge in [0.05, 0.1) is 22.9 Å². The fourth-order valence-corrected chi connectivity index (χ4v) is 5.90. The van der Waals surface area contributed by atoms with Crippen LogP contribution >= 0.6 is 0 Å². The van der Waals surface area contributed by atoms with Gasteiger partial charge < -0.3 is 25.7 Å². The first-order valence-electron chi connectivity index (χ1n) is 11.3. The van der Waals surface area contributed by atoms with Crippen molar-refractivity contribution in [2.45, 2.75) is 33.1 Å². The summed E-state index contributed by atoms with van der Waals surface area (Å²) in [6, 6.07) is 6.26. The first kappa shape index (κ1) is 22.6. The fourth-order valence-electron chi connectivity index (χ4n) is 5.90. The van der Waals surface area contributed by atoms with Crippen molar-refractivity contribution in [1.82, 2.24) is 0 Å². The maximum Gasteiger partial charge on any atom is 0.291 e. The molecule has 0 spiro atoms. The zero-order valence-electron chi connectivity index (χ0n) is 19.2. The molecule has 9 nitrogen and oxygen atoms in total. The topological polar surface area (TPSA) is 160 Å². The van der Waals surface area contributed by atoms with Gasteiger partial charge in [-0.25, -0.2) is 0 Å². The molecule has 0 saturated heterocycles. The maximum absolute atomic E-state index is 13.7. The number of hydrogen-bond acceptors (Lipinski definition) is 7. The Labute approximate surface area is 200 Å². The second kappa shape index (κ2) is 7.69. The van der Waals surface area contributed by atoms with Crippen molar-refractivity contribution in [1.29, 1.82) is 0 Å². The van der Waals surface area contributed by atoms with E-state index in [1.807, 2.05) is 0 Å².